The number of hydrogen-bond donors (Lipinski definition) is 0. The summed E-state index contributed by atoms with van der Waals surface area (Å²) in [5, 5.41) is 8.24. The van der Waals surface area contributed by atoms with Gasteiger partial charge < -0.3 is 4.74 Å². The fourth-order valence-corrected chi connectivity index (χ4v) is 4.38. The maximum absolute atomic E-state index is 12.5. The molecule has 0 bridgehead atoms. The van der Waals surface area contributed by atoms with Crippen LogP contribution in [0, 0.1) is 0 Å². The van der Waals surface area contributed by atoms with Crippen molar-refractivity contribution in [3.63, 3.8) is 0 Å². The van der Waals surface area contributed by atoms with Gasteiger partial charge in [0.2, 0.25) is 15.9 Å². The highest BCUT2D eigenvalue weighted by Crippen LogP contribution is 2.21. The highest BCUT2D eigenvalue weighted by Gasteiger charge is 2.27. The minimum atomic E-state index is -3.52. The van der Waals surface area contributed by atoms with Crippen molar-refractivity contribution in [3.05, 3.63) is 52.9 Å². The molecule has 0 N–H and O–H groups in total. The molecule has 0 aliphatic carbocycles. The Morgan fingerprint density at radius 2 is 1.85 bits per heavy atom. The lowest BCUT2D eigenvalue weighted by Gasteiger charge is -2.15. The predicted octanol–water partition coefficient (Wildman–Crippen LogP) is 1.01. The summed E-state index contributed by atoms with van der Waals surface area (Å²) in [4.78, 5) is 16.5. The van der Waals surface area contributed by atoms with Crippen molar-refractivity contribution >= 4 is 20.9 Å². The zero-order chi connectivity index (χ0) is 18.9. The van der Waals surface area contributed by atoms with Crippen LogP contribution in [-0.2, 0) is 16.8 Å². The van der Waals surface area contributed by atoms with Crippen LogP contribution >= 0.6 is 0 Å². The average molecular weight is 387 g/mol. The fourth-order valence-electron chi connectivity index (χ4n) is 2.92. The van der Waals surface area contributed by atoms with Gasteiger partial charge in [-0.15, -0.1) is 5.10 Å². The summed E-state index contributed by atoms with van der Waals surface area (Å²) in [5.74, 6) is 0.192. The zero-order valence-electron chi connectivity index (χ0n) is 14.4. The summed E-state index contributed by atoms with van der Waals surface area (Å²) in [7, 11) is -3.52. The number of rotatable bonds is 5. The van der Waals surface area contributed by atoms with Crippen molar-refractivity contribution < 1.29 is 13.2 Å². The molecule has 0 unspecified atom stereocenters. The summed E-state index contributed by atoms with van der Waals surface area (Å²) < 4.78 is 32.9. The van der Waals surface area contributed by atoms with Gasteiger partial charge in [-0.05, 0) is 31.0 Å². The molecule has 1 aliphatic rings. The molecule has 9 nitrogen and oxygen atoms in total. The molecule has 0 saturated carbocycles. The van der Waals surface area contributed by atoms with Gasteiger partial charge in [-0.3, -0.25) is 4.79 Å². The first kappa shape index (κ1) is 17.6. The number of hydrogen-bond acceptors (Lipinski definition) is 7. The average Bonchev–Trinajstić information content (AvgIpc) is 3.24. The number of aromatic nitrogens is 4. The van der Waals surface area contributed by atoms with Crippen LogP contribution in [0.25, 0.3) is 10.9 Å². The molecule has 3 heterocycles. The molecular weight excluding hydrogens is 370 g/mol. The van der Waals surface area contributed by atoms with Crippen molar-refractivity contribution in [2.45, 2.75) is 24.5 Å². The van der Waals surface area contributed by atoms with Gasteiger partial charge >= 0.3 is 0 Å². The second kappa shape index (κ2) is 7.05. The van der Waals surface area contributed by atoms with Gasteiger partial charge in [-0.2, -0.15) is 8.99 Å². The van der Waals surface area contributed by atoms with Crippen molar-refractivity contribution in [1.82, 2.24) is 24.3 Å². The Morgan fingerprint density at radius 3 is 2.59 bits per heavy atom. The van der Waals surface area contributed by atoms with Crippen LogP contribution in [0.1, 0.15) is 12.8 Å². The number of benzene rings is 1. The molecule has 1 fully saturated rings. The second-order valence-electron chi connectivity index (χ2n) is 6.13. The number of ether oxygens (including phenoxy) is 1. The molecule has 0 atom stereocenters. The molecule has 2 aromatic heterocycles. The van der Waals surface area contributed by atoms with Crippen molar-refractivity contribution in [1.29, 1.82) is 0 Å². The van der Waals surface area contributed by atoms with Crippen LogP contribution in [0.15, 0.2) is 52.3 Å². The molecule has 0 amide bonds. The van der Waals surface area contributed by atoms with Crippen LogP contribution in [0.2, 0.25) is 0 Å². The number of pyridine rings is 1. The molecule has 0 spiro atoms. The van der Waals surface area contributed by atoms with Crippen LogP contribution in [0.5, 0.6) is 5.88 Å². The zero-order valence-corrected chi connectivity index (χ0v) is 15.2. The van der Waals surface area contributed by atoms with E-state index in [-0.39, 0.29) is 23.1 Å². The van der Waals surface area contributed by atoms with Gasteiger partial charge in [-0.25, -0.2) is 13.4 Å². The predicted molar refractivity (Wildman–Crippen MR) is 96.7 cm³/mol. The molecule has 27 heavy (non-hydrogen) atoms. The van der Waals surface area contributed by atoms with E-state index in [1.807, 2.05) is 0 Å². The first-order valence-corrected chi connectivity index (χ1v) is 9.91. The Balaban J connectivity index is 1.49. The largest absolute Gasteiger partial charge is 0.454 e. The van der Waals surface area contributed by atoms with E-state index in [4.69, 9.17) is 4.74 Å². The van der Waals surface area contributed by atoms with E-state index in [0.29, 0.717) is 24.0 Å². The van der Waals surface area contributed by atoms with Crippen molar-refractivity contribution in [2.24, 2.45) is 0 Å². The first-order chi connectivity index (χ1) is 13.1. The Kier molecular flexibility index (Phi) is 4.58. The van der Waals surface area contributed by atoms with Crippen molar-refractivity contribution in [2.75, 3.05) is 13.1 Å². The molecule has 1 aliphatic heterocycles. The monoisotopic (exact) mass is 387 g/mol. The number of nitrogens with zero attached hydrogens (tertiary/aromatic N) is 5. The summed E-state index contributed by atoms with van der Waals surface area (Å²) in [5.41, 5.74) is 0.183. The first-order valence-electron chi connectivity index (χ1n) is 8.47. The van der Waals surface area contributed by atoms with Crippen LogP contribution < -0.4 is 10.3 Å². The van der Waals surface area contributed by atoms with Gasteiger partial charge in [0.1, 0.15) is 10.4 Å². The maximum Gasteiger partial charge on any atom is 0.280 e. The quantitative estimate of drug-likeness (QED) is 0.643. The molecular formula is C17H17N5O4S. The summed E-state index contributed by atoms with van der Waals surface area (Å²) in [6.07, 6.45) is 3.00. The third-order valence-corrected chi connectivity index (χ3v) is 6.26. The smallest absolute Gasteiger partial charge is 0.280 e. The maximum atomic E-state index is 12.5. The molecule has 10 heteroatoms. The van der Waals surface area contributed by atoms with Crippen molar-refractivity contribution in [3.8, 4) is 5.88 Å². The van der Waals surface area contributed by atoms with Crippen LogP contribution in [0.3, 0.4) is 0 Å². The van der Waals surface area contributed by atoms with E-state index in [1.165, 1.54) is 22.6 Å². The topological polar surface area (TPSA) is 107 Å². The summed E-state index contributed by atoms with van der Waals surface area (Å²) in [6.45, 7) is 0.885. The Labute approximate surface area is 155 Å². The molecule has 0 radical (unpaired) electrons. The molecule has 1 saturated heterocycles. The fraction of sp³-hybridized carbons (Fsp3) is 0.294. The third kappa shape index (κ3) is 3.40. The van der Waals surface area contributed by atoms with Gasteiger partial charge in [0, 0.05) is 19.2 Å². The number of sulfonamides is 1. The SMILES string of the molecule is O=c1c2ccccc2nnn1COc1ccc(S(=O)(=O)N2CCCC2)cn1. The van der Waals surface area contributed by atoms with E-state index in [1.54, 1.807) is 24.3 Å². The highest BCUT2D eigenvalue weighted by molar-refractivity contribution is 7.89. The molecule has 3 aromatic rings. The minimum Gasteiger partial charge on any atom is -0.454 e. The standard InChI is InChI=1S/C17H17N5O4S/c23-17-14-5-1-2-6-15(14)19-20-22(17)12-26-16-8-7-13(11-18-16)27(24,25)21-9-3-4-10-21/h1-2,5-8,11H,3-4,9-10,12H2. The Morgan fingerprint density at radius 1 is 1.07 bits per heavy atom. The van der Waals surface area contributed by atoms with Crippen LogP contribution in [-0.4, -0.2) is 45.8 Å². The van der Waals surface area contributed by atoms with Gasteiger partial charge in [0.15, 0.2) is 6.73 Å². The molecule has 1 aromatic carbocycles. The Hall–Kier alpha value is -2.85. The van der Waals surface area contributed by atoms with Gasteiger partial charge in [-0.1, -0.05) is 17.3 Å². The van der Waals surface area contributed by atoms with Gasteiger partial charge in [0.05, 0.1) is 11.6 Å². The minimum absolute atomic E-state index is 0.124. The third-order valence-electron chi connectivity index (χ3n) is 4.38. The van der Waals surface area contributed by atoms with Crippen LogP contribution in [0.4, 0.5) is 0 Å². The van der Waals surface area contributed by atoms with E-state index in [9.17, 15) is 13.2 Å². The lowest BCUT2D eigenvalue weighted by Crippen LogP contribution is -2.28. The number of fused-ring (bicyclic) bond motifs is 1. The van der Waals surface area contributed by atoms with Gasteiger partial charge in [0.25, 0.3) is 5.56 Å². The second-order valence-corrected chi connectivity index (χ2v) is 8.07. The summed E-state index contributed by atoms with van der Waals surface area (Å²) in [6, 6.07) is 9.80. The Bertz CT molecular complexity index is 1120. The highest BCUT2D eigenvalue weighted by atomic mass is 32.2. The molecule has 140 valence electrons. The normalized spacial score (nSPS) is 15.3. The van der Waals surface area contributed by atoms with E-state index in [0.717, 1.165) is 17.5 Å². The van der Waals surface area contributed by atoms with E-state index in [2.05, 4.69) is 15.3 Å². The summed E-state index contributed by atoms with van der Waals surface area (Å²) >= 11 is 0. The lowest BCUT2D eigenvalue weighted by atomic mass is 10.2. The molecule has 4 rings (SSSR count). The van der Waals surface area contributed by atoms with E-state index < -0.39 is 10.0 Å². The van der Waals surface area contributed by atoms with E-state index >= 15 is 0 Å². The lowest BCUT2D eigenvalue weighted by molar-refractivity contribution is 0.202.